The second-order valence-corrected chi connectivity index (χ2v) is 7.94. The molecule has 0 aliphatic heterocycles. The fourth-order valence-corrected chi connectivity index (χ4v) is 3.42. The summed E-state index contributed by atoms with van der Waals surface area (Å²) in [6.45, 7) is 2.39. The van der Waals surface area contributed by atoms with E-state index in [2.05, 4.69) is 32.0 Å². The van der Waals surface area contributed by atoms with Crippen LogP contribution in [-0.2, 0) is 9.59 Å². The topological polar surface area (TPSA) is 92.2 Å². The van der Waals surface area contributed by atoms with Crippen LogP contribution in [0.5, 0.6) is 0 Å². The van der Waals surface area contributed by atoms with Gasteiger partial charge in [-0.15, -0.1) is 0 Å². The van der Waals surface area contributed by atoms with Crippen molar-refractivity contribution in [2.75, 3.05) is 17.3 Å². The Labute approximate surface area is 186 Å². The third kappa shape index (κ3) is 5.20. The van der Waals surface area contributed by atoms with Crippen molar-refractivity contribution in [1.82, 2.24) is 9.99 Å². The number of carbonyl (C=O) groups excluding carboxylic acids is 3. The highest BCUT2D eigenvalue weighted by Crippen LogP contribution is 2.24. The molecule has 3 rings (SSSR count). The van der Waals surface area contributed by atoms with Gasteiger partial charge in [-0.05, 0) is 48.9 Å². The molecule has 1 aromatic heterocycles. The summed E-state index contributed by atoms with van der Waals surface area (Å²) in [5.41, 5.74) is 3.77. The van der Waals surface area contributed by atoms with E-state index in [-0.39, 0.29) is 5.69 Å². The largest absolute Gasteiger partial charge is 0.348 e. The molecule has 3 N–H and O–H groups in total. The Morgan fingerprint density at radius 1 is 1.07 bits per heavy atom. The standard InChI is InChI=1S/C21H20BrClN4O3/c1-2-3-9-24-20(29)21(30)26-27-17-8-7-14(22)10-13(17)11-18(27)19(28)25-16-6-4-5-15(23)12-16/h4-8,10-12H,2-3,9H2,1H3,(H,24,29)(H,25,28)(H,26,30). The molecule has 156 valence electrons. The maximum absolute atomic E-state index is 12.9. The summed E-state index contributed by atoms with van der Waals surface area (Å²) in [5.74, 6) is -2.08. The molecule has 0 saturated heterocycles. The summed E-state index contributed by atoms with van der Waals surface area (Å²) >= 11 is 9.38. The van der Waals surface area contributed by atoms with Crippen LogP contribution < -0.4 is 16.1 Å². The minimum absolute atomic E-state index is 0.165. The quantitative estimate of drug-likeness (QED) is 0.355. The Morgan fingerprint density at radius 2 is 1.87 bits per heavy atom. The molecule has 9 heteroatoms. The molecule has 0 saturated carbocycles. The van der Waals surface area contributed by atoms with Gasteiger partial charge in [0.25, 0.3) is 5.91 Å². The molecule has 1 heterocycles. The van der Waals surface area contributed by atoms with Gasteiger partial charge in [0.2, 0.25) is 0 Å². The van der Waals surface area contributed by atoms with Gasteiger partial charge in [0.05, 0.1) is 5.52 Å². The van der Waals surface area contributed by atoms with Crippen molar-refractivity contribution in [3.05, 3.63) is 63.7 Å². The predicted molar refractivity (Wildman–Crippen MR) is 121 cm³/mol. The number of nitrogens with zero attached hydrogens (tertiary/aromatic N) is 1. The molecule has 0 unspecified atom stereocenters. The fraction of sp³-hybridized carbons (Fsp3) is 0.190. The van der Waals surface area contributed by atoms with Gasteiger partial charge in [-0.1, -0.05) is 46.9 Å². The number of nitrogens with one attached hydrogen (secondary N) is 3. The summed E-state index contributed by atoms with van der Waals surface area (Å²) in [4.78, 5) is 37.4. The number of amides is 3. The molecule has 3 aromatic rings. The lowest BCUT2D eigenvalue weighted by Crippen LogP contribution is -2.40. The SMILES string of the molecule is CCCCNC(=O)C(=O)Nn1c(C(=O)Nc2cccc(Cl)c2)cc2cc(Br)ccc21. The molecule has 0 fully saturated rings. The van der Waals surface area contributed by atoms with Crippen LogP contribution in [0.1, 0.15) is 30.3 Å². The number of rotatable bonds is 6. The summed E-state index contributed by atoms with van der Waals surface area (Å²) in [6.07, 6.45) is 1.67. The molecule has 0 radical (unpaired) electrons. The Hall–Kier alpha value is -2.84. The van der Waals surface area contributed by atoms with Crippen LogP contribution in [0.3, 0.4) is 0 Å². The van der Waals surface area contributed by atoms with E-state index in [9.17, 15) is 14.4 Å². The van der Waals surface area contributed by atoms with Gasteiger partial charge in [-0.25, -0.2) is 4.68 Å². The zero-order chi connectivity index (χ0) is 21.7. The van der Waals surface area contributed by atoms with E-state index >= 15 is 0 Å². The van der Waals surface area contributed by atoms with Crippen molar-refractivity contribution in [3.63, 3.8) is 0 Å². The van der Waals surface area contributed by atoms with Gasteiger partial charge in [0, 0.05) is 27.1 Å². The Balaban J connectivity index is 1.90. The molecule has 0 atom stereocenters. The molecule has 7 nitrogen and oxygen atoms in total. The summed E-state index contributed by atoms with van der Waals surface area (Å²) in [5, 5.41) is 6.51. The molecule has 0 bridgehead atoms. The zero-order valence-electron chi connectivity index (χ0n) is 16.2. The summed E-state index contributed by atoms with van der Waals surface area (Å²) in [6, 6.07) is 13.7. The van der Waals surface area contributed by atoms with E-state index in [1.54, 1.807) is 42.5 Å². The van der Waals surface area contributed by atoms with Crippen LogP contribution in [0.2, 0.25) is 5.02 Å². The molecular weight excluding hydrogens is 472 g/mol. The van der Waals surface area contributed by atoms with Crippen LogP contribution in [0.4, 0.5) is 5.69 Å². The highest BCUT2D eigenvalue weighted by atomic mass is 79.9. The number of fused-ring (bicyclic) bond motifs is 1. The second-order valence-electron chi connectivity index (χ2n) is 6.58. The van der Waals surface area contributed by atoms with E-state index in [4.69, 9.17) is 11.6 Å². The van der Waals surface area contributed by atoms with E-state index in [0.717, 1.165) is 17.3 Å². The summed E-state index contributed by atoms with van der Waals surface area (Å²) in [7, 11) is 0. The maximum atomic E-state index is 12.9. The Morgan fingerprint density at radius 3 is 2.60 bits per heavy atom. The van der Waals surface area contributed by atoms with Crippen LogP contribution in [-0.4, -0.2) is 28.9 Å². The average molecular weight is 492 g/mol. The number of aromatic nitrogens is 1. The highest BCUT2D eigenvalue weighted by molar-refractivity contribution is 9.10. The minimum Gasteiger partial charge on any atom is -0.348 e. The van der Waals surface area contributed by atoms with Crippen molar-refractivity contribution in [2.24, 2.45) is 0 Å². The van der Waals surface area contributed by atoms with Crippen molar-refractivity contribution >= 4 is 61.8 Å². The van der Waals surface area contributed by atoms with E-state index in [1.807, 2.05) is 13.0 Å². The molecule has 3 amide bonds. The Bertz CT molecular complexity index is 1110. The third-order valence-corrected chi connectivity index (χ3v) is 5.04. The van der Waals surface area contributed by atoms with Crippen molar-refractivity contribution in [3.8, 4) is 0 Å². The van der Waals surface area contributed by atoms with Crippen molar-refractivity contribution in [2.45, 2.75) is 19.8 Å². The first-order valence-corrected chi connectivity index (χ1v) is 10.5. The normalized spacial score (nSPS) is 10.6. The smallest absolute Gasteiger partial charge is 0.328 e. The van der Waals surface area contributed by atoms with Gasteiger partial charge >= 0.3 is 11.8 Å². The van der Waals surface area contributed by atoms with Crippen LogP contribution in [0.25, 0.3) is 10.9 Å². The minimum atomic E-state index is -0.858. The monoisotopic (exact) mass is 490 g/mol. The zero-order valence-corrected chi connectivity index (χ0v) is 18.5. The fourth-order valence-electron chi connectivity index (χ4n) is 2.85. The predicted octanol–water partition coefficient (Wildman–Crippen LogP) is 4.30. The van der Waals surface area contributed by atoms with Gasteiger partial charge < -0.3 is 10.6 Å². The van der Waals surface area contributed by atoms with Gasteiger partial charge in [0.1, 0.15) is 5.69 Å². The van der Waals surface area contributed by atoms with Gasteiger partial charge in [0.15, 0.2) is 0 Å². The molecule has 0 aliphatic carbocycles. The number of hydrogen-bond donors (Lipinski definition) is 3. The third-order valence-electron chi connectivity index (χ3n) is 4.31. The lowest BCUT2D eigenvalue weighted by atomic mass is 10.2. The van der Waals surface area contributed by atoms with E-state index in [1.165, 1.54) is 4.68 Å². The molecule has 30 heavy (non-hydrogen) atoms. The van der Waals surface area contributed by atoms with Crippen LogP contribution in [0.15, 0.2) is 53.0 Å². The molecule has 0 spiro atoms. The van der Waals surface area contributed by atoms with E-state index in [0.29, 0.717) is 28.2 Å². The second kappa shape index (κ2) is 9.77. The molecular formula is C21H20BrClN4O3. The van der Waals surface area contributed by atoms with E-state index < -0.39 is 17.7 Å². The number of benzene rings is 2. The first-order valence-electron chi connectivity index (χ1n) is 9.36. The van der Waals surface area contributed by atoms with Crippen molar-refractivity contribution < 1.29 is 14.4 Å². The summed E-state index contributed by atoms with van der Waals surface area (Å²) < 4.78 is 2.13. The average Bonchev–Trinajstić information content (AvgIpc) is 3.05. The lowest BCUT2D eigenvalue weighted by molar-refractivity contribution is -0.136. The Kier molecular flexibility index (Phi) is 7.12. The molecule has 2 aromatic carbocycles. The van der Waals surface area contributed by atoms with Crippen LogP contribution in [0, 0.1) is 0 Å². The number of unbranched alkanes of at least 4 members (excludes halogenated alkanes) is 1. The maximum Gasteiger partial charge on any atom is 0.328 e. The first-order chi connectivity index (χ1) is 14.4. The number of anilines is 1. The number of carbonyl (C=O) groups is 3. The number of hydrogen-bond acceptors (Lipinski definition) is 3. The van der Waals surface area contributed by atoms with Gasteiger partial charge in [-0.2, -0.15) is 0 Å². The number of halogens is 2. The van der Waals surface area contributed by atoms with Crippen molar-refractivity contribution in [1.29, 1.82) is 0 Å². The molecule has 0 aliphatic rings. The van der Waals surface area contributed by atoms with Gasteiger partial charge in [-0.3, -0.25) is 19.8 Å². The lowest BCUT2D eigenvalue weighted by Gasteiger charge is -2.13. The highest BCUT2D eigenvalue weighted by Gasteiger charge is 2.21. The first kappa shape index (κ1) is 21.9. The van der Waals surface area contributed by atoms with Crippen LogP contribution >= 0.6 is 27.5 Å².